The molecule has 2 aromatic heterocycles. The van der Waals surface area contributed by atoms with Crippen molar-refractivity contribution in [3.05, 3.63) is 47.1 Å². The van der Waals surface area contributed by atoms with Crippen LogP contribution in [0.15, 0.2) is 35.8 Å². The molecule has 0 spiro atoms. The van der Waals surface area contributed by atoms with E-state index in [0.717, 1.165) is 12.1 Å². The molecule has 1 saturated heterocycles. The van der Waals surface area contributed by atoms with E-state index in [9.17, 15) is 22.8 Å². The Bertz CT molecular complexity index is 1070. The van der Waals surface area contributed by atoms with Crippen molar-refractivity contribution in [1.29, 1.82) is 0 Å². The summed E-state index contributed by atoms with van der Waals surface area (Å²) in [6.07, 6.45) is -2.14. The number of benzene rings is 1. The Balaban J connectivity index is 1.58. The summed E-state index contributed by atoms with van der Waals surface area (Å²) in [6.45, 7) is 0.852. The Morgan fingerprint density at radius 3 is 2.62 bits per heavy atom. The van der Waals surface area contributed by atoms with Crippen LogP contribution in [0.3, 0.4) is 0 Å². The van der Waals surface area contributed by atoms with E-state index in [1.807, 2.05) is 0 Å². The normalized spacial score (nSPS) is 17.1. The molecular weight excluding hydrogens is 405 g/mol. The molecule has 0 unspecified atom stereocenters. The standard InChI is InChI=1S/C19H17F3N4O2S/c1-23-16(27)12-6-7-25(8-12)17(28)15-10-29-18-24-14(9-26(15)18)11-2-4-13(5-3-11)19(20,21)22/h2-5,9-10,12H,6-8H2,1H3,(H,23,27)/t12-/m0/s1. The Labute approximate surface area is 168 Å². The summed E-state index contributed by atoms with van der Waals surface area (Å²) < 4.78 is 39.9. The lowest BCUT2D eigenvalue weighted by molar-refractivity contribution is -0.137. The molecular formula is C19H17F3N4O2S. The van der Waals surface area contributed by atoms with Gasteiger partial charge >= 0.3 is 6.18 Å². The van der Waals surface area contributed by atoms with Gasteiger partial charge in [-0.05, 0) is 18.6 Å². The molecule has 0 saturated carbocycles. The van der Waals surface area contributed by atoms with Crippen LogP contribution in [-0.4, -0.2) is 46.2 Å². The first-order valence-corrected chi connectivity index (χ1v) is 9.81. The number of imidazole rings is 1. The largest absolute Gasteiger partial charge is 0.416 e. The van der Waals surface area contributed by atoms with Gasteiger partial charge in [0, 0.05) is 37.3 Å². The fraction of sp³-hybridized carbons (Fsp3) is 0.316. The SMILES string of the molecule is CNC(=O)[C@H]1CCN(C(=O)c2csc3nc(-c4ccc(C(F)(F)F)cc4)cn23)C1. The molecule has 4 rings (SSSR count). The number of carbonyl (C=O) groups excluding carboxylic acids is 2. The molecule has 0 bridgehead atoms. The highest BCUT2D eigenvalue weighted by Gasteiger charge is 2.32. The lowest BCUT2D eigenvalue weighted by Crippen LogP contribution is -2.33. The third kappa shape index (κ3) is 3.59. The summed E-state index contributed by atoms with van der Waals surface area (Å²) in [5, 5.41) is 4.31. The molecule has 0 aliphatic carbocycles. The van der Waals surface area contributed by atoms with E-state index in [0.29, 0.717) is 41.4 Å². The van der Waals surface area contributed by atoms with Crippen LogP contribution >= 0.6 is 11.3 Å². The van der Waals surface area contributed by atoms with Crippen LogP contribution in [-0.2, 0) is 11.0 Å². The van der Waals surface area contributed by atoms with Crippen LogP contribution in [0.2, 0.25) is 0 Å². The number of amides is 2. The molecule has 10 heteroatoms. The van der Waals surface area contributed by atoms with Crippen molar-refractivity contribution in [1.82, 2.24) is 19.6 Å². The first-order chi connectivity index (χ1) is 13.8. The minimum absolute atomic E-state index is 0.0806. The highest BCUT2D eigenvalue weighted by Crippen LogP contribution is 2.31. The highest BCUT2D eigenvalue weighted by atomic mass is 32.1. The molecule has 1 aromatic carbocycles. The zero-order valence-electron chi connectivity index (χ0n) is 15.4. The average molecular weight is 422 g/mol. The fourth-order valence-corrected chi connectivity index (χ4v) is 4.28. The third-order valence-electron chi connectivity index (χ3n) is 5.03. The predicted molar refractivity (Wildman–Crippen MR) is 102 cm³/mol. The van der Waals surface area contributed by atoms with E-state index in [2.05, 4.69) is 10.3 Å². The van der Waals surface area contributed by atoms with Crippen molar-refractivity contribution in [2.75, 3.05) is 20.1 Å². The number of alkyl halides is 3. The van der Waals surface area contributed by atoms with Gasteiger partial charge in [0.05, 0.1) is 17.2 Å². The Morgan fingerprint density at radius 2 is 1.97 bits per heavy atom. The smallest absolute Gasteiger partial charge is 0.359 e. The maximum absolute atomic E-state index is 12.9. The molecule has 1 aliphatic heterocycles. The first-order valence-electron chi connectivity index (χ1n) is 8.93. The second-order valence-electron chi connectivity index (χ2n) is 6.83. The topological polar surface area (TPSA) is 66.7 Å². The van der Waals surface area contributed by atoms with Gasteiger partial charge in [0.25, 0.3) is 5.91 Å². The van der Waals surface area contributed by atoms with Crippen LogP contribution in [0.4, 0.5) is 13.2 Å². The number of carbonyl (C=O) groups is 2. The number of nitrogens with one attached hydrogen (secondary N) is 1. The van der Waals surface area contributed by atoms with E-state index >= 15 is 0 Å². The van der Waals surface area contributed by atoms with Gasteiger partial charge in [-0.3, -0.25) is 14.0 Å². The number of aromatic nitrogens is 2. The summed E-state index contributed by atoms with van der Waals surface area (Å²) in [7, 11) is 1.57. The van der Waals surface area contributed by atoms with Gasteiger partial charge in [-0.2, -0.15) is 13.2 Å². The Hall–Kier alpha value is -2.88. The van der Waals surface area contributed by atoms with Crippen molar-refractivity contribution >= 4 is 28.1 Å². The van der Waals surface area contributed by atoms with Crippen molar-refractivity contribution in [2.24, 2.45) is 5.92 Å². The van der Waals surface area contributed by atoms with Gasteiger partial charge in [-0.15, -0.1) is 11.3 Å². The number of nitrogens with zero attached hydrogens (tertiary/aromatic N) is 3. The molecule has 6 nitrogen and oxygen atoms in total. The van der Waals surface area contributed by atoms with Crippen molar-refractivity contribution in [3.8, 4) is 11.3 Å². The quantitative estimate of drug-likeness (QED) is 0.705. The average Bonchev–Trinajstić information content (AvgIpc) is 3.41. The number of likely N-dealkylation sites (tertiary alicyclic amines) is 1. The molecule has 1 atom stereocenters. The summed E-state index contributed by atoms with van der Waals surface area (Å²) in [6, 6.07) is 4.76. The van der Waals surface area contributed by atoms with Crippen LogP contribution in [0.5, 0.6) is 0 Å². The number of hydrogen-bond donors (Lipinski definition) is 1. The minimum atomic E-state index is -4.39. The van der Waals surface area contributed by atoms with Crippen molar-refractivity contribution < 1.29 is 22.8 Å². The first kappa shape index (κ1) is 19.4. The van der Waals surface area contributed by atoms with Gasteiger partial charge in [-0.25, -0.2) is 4.98 Å². The molecule has 1 aliphatic rings. The molecule has 152 valence electrons. The van der Waals surface area contributed by atoms with Crippen LogP contribution < -0.4 is 5.32 Å². The van der Waals surface area contributed by atoms with E-state index in [1.165, 1.54) is 23.5 Å². The molecule has 29 heavy (non-hydrogen) atoms. The van der Waals surface area contributed by atoms with Crippen LogP contribution in [0, 0.1) is 5.92 Å². The lowest BCUT2D eigenvalue weighted by Gasteiger charge is -2.15. The number of halogens is 3. The summed E-state index contributed by atoms with van der Waals surface area (Å²) in [4.78, 5) is 31.3. The second kappa shape index (κ2) is 7.18. The maximum Gasteiger partial charge on any atom is 0.416 e. The fourth-order valence-electron chi connectivity index (χ4n) is 3.43. The zero-order chi connectivity index (χ0) is 20.8. The lowest BCUT2D eigenvalue weighted by atomic mass is 10.1. The van der Waals surface area contributed by atoms with Gasteiger partial charge in [0.1, 0.15) is 5.69 Å². The van der Waals surface area contributed by atoms with Gasteiger partial charge < -0.3 is 10.2 Å². The monoisotopic (exact) mass is 422 g/mol. The van der Waals surface area contributed by atoms with E-state index in [4.69, 9.17) is 0 Å². The minimum Gasteiger partial charge on any atom is -0.359 e. The summed E-state index contributed by atoms with van der Waals surface area (Å²) in [5.74, 6) is -0.495. The number of hydrogen-bond acceptors (Lipinski definition) is 4. The van der Waals surface area contributed by atoms with E-state index in [1.54, 1.807) is 27.9 Å². The van der Waals surface area contributed by atoms with Gasteiger partial charge in [0.2, 0.25) is 5.91 Å². The van der Waals surface area contributed by atoms with Crippen LogP contribution in [0.1, 0.15) is 22.5 Å². The summed E-state index contributed by atoms with van der Waals surface area (Å²) in [5.41, 5.74) is 0.725. The molecule has 0 radical (unpaired) electrons. The predicted octanol–water partition coefficient (Wildman–Crippen LogP) is 3.29. The van der Waals surface area contributed by atoms with Crippen LogP contribution in [0.25, 0.3) is 16.2 Å². The number of fused-ring (bicyclic) bond motifs is 1. The Morgan fingerprint density at radius 1 is 1.24 bits per heavy atom. The highest BCUT2D eigenvalue weighted by molar-refractivity contribution is 7.15. The maximum atomic E-state index is 12.9. The Kier molecular flexibility index (Phi) is 4.81. The third-order valence-corrected chi connectivity index (χ3v) is 5.87. The van der Waals surface area contributed by atoms with Crippen molar-refractivity contribution in [3.63, 3.8) is 0 Å². The molecule has 1 N–H and O–H groups in total. The molecule has 2 amide bonds. The van der Waals surface area contributed by atoms with E-state index < -0.39 is 11.7 Å². The zero-order valence-corrected chi connectivity index (χ0v) is 16.2. The number of rotatable bonds is 3. The van der Waals surface area contributed by atoms with Gasteiger partial charge in [-0.1, -0.05) is 12.1 Å². The second-order valence-corrected chi connectivity index (χ2v) is 7.66. The number of thiazole rings is 1. The van der Waals surface area contributed by atoms with Gasteiger partial charge in [0.15, 0.2) is 4.96 Å². The molecule has 1 fully saturated rings. The van der Waals surface area contributed by atoms with Crippen molar-refractivity contribution in [2.45, 2.75) is 12.6 Å². The molecule has 3 aromatic rings. The summed E-state index contributed by atoms with van der Waals surface area (Å²) >= 11 is 1.28. The van der Waals surface area contributed by atoms with E-state index in [-0.39, 0.29) is 17.7 Å². The molecule has 3 heterocycles.